The van der Waals surface area contributed by atoms with E-state index in [9.17, 15) is 4.79 Å². The van der Waals surface area contributed by atoms with Gasteiger partial charge in [0.25, 0.3) is 0 Å². The Bertz CT molecular complexity index is 760. The second-order valence-corrected chi connectivity index (χ2v) is 4.87. The van der Waals surface area contributed by atoms with E-state index < -0.39 is 5.97 Å². The van der Waals surface area contributed by atoms with E-state index in [0.29, 0.717) is 5.69 Å². The van der Waals surface area contributed by atoms with Crippen molar-refractivity contribution >= 4 is 27.4 Å². The number of nitrogens with zero attached hydrogens (tertiary/aromatic N) is 1. The van der Waals surface area contributed by atoms with Crippen molar-refractivity contribution in [3.05, 3.63) is 35.3 Å². The van der Waals surface area contributed by atoms with Crippen LogP contribution < -0.4 is 4.74 Å². The number of hydrogen-bond donors (Lipinski definition) is 2. The third-order valence-electron chi connectivity index (χ3n) is 2.88. The zero-order valence-electron chi connectivity index (χ0n) is 10.0. The molecule has 2 N–H and O–H groups in total. The minimum absolute atomic E-state index is 0.0780. The van der Waals surface area contributed by atoms with E-state index in [2.05, 4.69) is 10.2 Å². The second kappa shape index (κ2) is 4.40. The van der Waals surface area contributed by atoms with Gasteiger partial charge in [-0.25, -0.2) is 4.79 Å². The van der Waals surface area contributed by atoms with Gasteiger partial charge in [0.1, 0.15) is 11.4 Å². The van der Waals surface area contributed by atoms with E-state index in [-0.39, 0.29) is 5.69 Å². The van der Waals surface area contributed by atoms with Crippen molar-refractivity contribution < 1.29 is 14.6 Å². The zero-order chi connectivity index (χ0) is 13.4. The highest BCUT2D eigenvalue weighted by atomic mass is 32.1. The maximum Gasteiger partial charge on any atom is 0.353 e. The maximum absolute atomic E-state index is 10.9. The molecule has 2 heterocycles. The van der Waals surface area contributed by atoms with Gasteiger partial charge < -0.3 is 9.84 Å². The van der Waals surface area contributed by atoms with Crippen LogP contribution in [-0.4, -0.2) is 28.4 Å². The van der Waals surface area contributed by atoms with Crippen LogP contribution in [0.4, 0.5) is 0 Å². The largest absolute Gasteiger partial charge is 0.495 e. The number of methoxy groups -OCH3 is 1. The molecule has 0 aliphatic rings. The number of carboxylic acids is 1. The average Bonchev–Trinajstić information content (AvgIpc) is 3.06. The monoisotopic (exact) mass is 274 g/mol. The van der Waals surface area contributed by atoms with Crippen LogP contribution in [0.15, 0.2) is 29.6 Å². The quantitative estimate of drug-likeness (QED) is 0.769. The van der Waals surface area contributed by atoms with Crippen LogP contribution >= 0.6 is 11.3 Å². The summed E-state index contributed by atoms with van der Waals surface area (Å²) >= 11 is 1.58. The first kappa shape index (κ1) is 11.7. The number of carbonyl (C=O) groups is 1. The van der Waals surface area contributed by atoms with E-state index in [1.165, 1.54) is 6.07 Å². The molecule has 0 radical (unpaired) electrons. The highest BCUT2D eigenvalue weighted by Gasteiger charge is 2.14. The lowest BCUT2D eigenvalue weighted by atomic mass is 10.1. The van der Waals surface area contributed by atoms with Gasteiger partial charge in [0.2, 0.25) is 0 Å². The van der Waals surface area contributed by atoms with Crippen molar-refractivity contribution in [2.75, 3.05) is 7.11 Å². The molecule has 19 heavy (non-hydrogen) atoms. The molecule has 0 bridgehead atoms. The minimum atomic E-state index is -1.02. The lowest BCUT2D eigenvalue weighted by Gasteiger charge is -2.04. The first-order chi connectivity index (χ1) is 9.20. The standard InChI is InChI=1S/C13H10N2O3S/c1-18-11-3-2-7(8-4-5-19-12(8)11)9-6-10(13(16)17)15-14-9/h2-6H,1H3,(H,14,15)(H,16,17). The molecule has 0 saturated heterocycles. The summed E-state index contributed by atoms with van der Waals surface area (Å²) < 4.78 is 6.34. The summed E-state index contributed by atoms with van der Waals surface area (Å²) in [4.78, 5) is 10.9. The van der Waals surface area contributed by atoms with Crippen LogP contribution in [0, 0.1) is 0 Å². The van der Waals surface area contributed by atoms with E-state index in [4.69, 9.17) is 9.84 Å². The van der Waals surface area contributed by atoms with Gasteiger partial charge in [-0.3, -0.25) is 5.10 Å². The topological polar surface area (TPSA) is 75.2 Å². The third kappa shape index (κ3) is 1.86. The summed E-state index contributed by atoms with van der Waals surface area (Å²) in [5.41, 5.74) is 1.58. The van der Waals surface area contributed by atoms with Gasteiger partial charge in [-0.2, -0.15) is 5.10 Å². The van der Waals surface area contributed by atoms with Gasteiger partial charge in [0.05, 0.1) is 17.5 Å². The van der Waals surface area contributed by atoms with Crippen molar-refractivity contribution in [1.82, 2.24) is 10.2 Å². The van der Waals surface area contributed by atoms with Crippen molar-refractivity contribution in [2.45, 2.75) is 0 Å². The summed E-state index contributed by atoms with van der Waals surface area (Å²) in [6.45, 7) is 0. The molecule has 96 valence electrons. The smallest absolute Gasteiger partial charge is 0.353 e. The van der Waals surface area contributed by atoms with Gasteiger partial charge in [-0.15, -0.1) is 11.3 Å². The second-order valence-electron chi connectivity index (χ2n) is 3.95. The lowest BCUT2D eigenvalue weighted by molar-refractivity contribution is 0.0690. The van der Waals surface area contributed by atoms with Crippen LogP contribution in [-0.2, 0) is 0 Å². The number of fused-ring (bicyclic) bond motifs is 1. The molecule has 3 aromatic rings. The highest BCUT2D eigenvalue weighted by Crippen LogP contribution is 2.37. The fourth-order valence-corrected chi connectivity index (χ4v) is 2.90. The Morgan fingerprint density at radius 2 is 2.26 bits per heavy atom. The van der Waals surface area contributed by atoms with Crippen LogP contribution in [0.1, 0.15) is 10.5 Å². The van der Waals surface area contributed by atoms with Crippen molar-refractivity contribution in [3.63, 3.8) is 0 Å². The third-order valence-corrected chi connectivity index (χ3v) is 3.81. The first-order valence-corrected chi connectivity index (χ1v) is 6.42. The molecule has 0 atom stereocenters. The number of aromatic carboxylic acids is 1. The molecule has 0 aliphatic heterocycles. The molecule has 6 heteroatoms. The SMILES string of the molecule is COc1ccc(-c2cc(C(=O)O)[nH]n2)c2ccsc12. The Hall–Kier alpha value is -2.34. The van der Waals surface area contributed by atoms with E-state index in [1.54, 1.807) is 18.4 Å². The number of benzene rings is 1. The minimum Gasteiger partial charge on any atom is -0.495 e. The Balaban J connectivity index is 2.19. The van der Waals surface area contributed by atoms with Gasteiger partial charge >= 0.3 is 5.97 Å². The molecule has 1 aromatic carbocycles. The number of rotatable bonds is 3. The Kier molecular flexibility index (Phi) is 2.72. The van der Waals surface area contributed by atoms with Crippen LogP contribution in [0.3, 0.4) is 0 Å². The normalized spacial score (nSPS) is 10.8. The number of nitrogens with one attached hydrogen (secondary N) is 1. The molecular formula is C13H10N2O3S. The number of ether oxygens (including phenoxy) is 1. The molecule has 0 spiro atoms. The fourth-order valence-electron chi connectivity index (χ4n) is 1.99. The predicted octanol–water partition coefficient (Wildman–Crippen LogP) is 3.00. The number of aromatic amines is 1. The van der Waals surface area contributed by atoms with Crippen LogP contribution in [0.25, 0.3) is 21.3 Å². The molecule has 3 rings (SSSR count). The maximum atomic E-state index is 10.9. The Morgan fingerprint density at radius 3 is 2.95 bits per heavy atom. The van der Waals surface area contributed by atoms with E-state index in [1.807, 2.05) is 23.6 Å². The van der Waals surface area contributed by atoms with Crippen LogP contribution in [0.5, 0.6) is 5.75 Å². The van der Waals surface area contributed by atoms with E-state index in [0.717, 1.165) is 21.4 Å². The van der Waals surface area contributed by atoms with Crippen molar-refractivity contribution in [1.29, 1.82) is 0 Å². The summed E-state index contributed by atoms with van der Waals surface area (Å²) in [6, 6.07) is 7.26. The highest BCUT2D eigenvalue weighted by molar-refractivity contribution is 7.17. The number of aromatic nitrogens is 2. The molecule has 0 aliphatic carbocycles. The predicted molar refractivity (Wildman–Crippen MR) is 72.9 cm³/mol. The van der Waals surface area contributed by atoms with Gasteiger partial charge in [0, 0.05) is 10.9 Å². The Morgan fingerprint density at radius 1 is 1.42 bits per heavy atom. The van der Waals surface area contributed by atoms with Gasteiger partial charge in [0.15, 0.2) is 0 Å². The van der Waals surface area contributed by atoms with Gasteiger partial charge in [-0.1, -0.05) is 0 Å². The summed E-state index contributed by atoms with van der Waals surface area (Å²) in [5, 5.41) is 18.5. The Labute approximate surface area is 112 Å². The molecule has 5 nitrogen and oxygen atoms in total. The molecular weight excluding hydrogens is 264 g/mol. The first-order valence-electron chi connectivity index (χ1n) is 5.54. The molecule has 0 unspecified atom stereocenters. The summed E-state index contributed by atoms with van der Waals surface area (Å²) in [7, 11) is 1.63. The summed E-state index contributed by atoms with van der Waals surface area (Å²) in [5.74, 6) is -0.212. The van der Waals surface area contributed by atoms with E-state index >= 15 is 0 Å². The molecule has 0 amide bonds. The number of hydrogen-bond acceptors (Lipinski definition) is 4. The number of H-pyrrole nitrogens is 1. The van der Waals surface area contributed by atoms with Crippen molar-refractivity contribution in [3.8, 4) is 17.0 Å². The molecule has 2 aromatic heterocycles. The van der Waals surface area contributed by atoms with Crippen LogP contribution in [0.2, 0.25) is 0 Å². The fraction of sp³-hybridized carbons (Fsp3) is 0.0769. The average molecular weight is 274 g/mol. The molecule has 0 saturated carbocycles. The zero-order valence-corrected chi connectivity index (χ0v) is 10.8. The summed E-state index contributed by atoms with van der Waals surface area (Å²) in [6.07, 6.45) is 0. The number of thiophene rings is 1. The van der Waals surface area contributed by atoms with Gasteiger partial charge in [-0.05, 0) is 29.6 Å². The molecule has 0 fully saturated rings. The lowest BCUT2D eigenvalue weighted by Crippen LogP contribution is -1.95. The van der Waals surface area contributed by atoms with Crippen molar-refractivity contribution in [2.24, 2.45) is 0 Å². The number of carboxylic acid groups (broad SMARTS) is 1.